The molecule has 118 valence electrons. The minimum Gasteiger partial charge on any atom is -0.278 e. The number of hydrogen-bond donors (Lipinski definition) is 1. The Hall–Kier alpha value is -1.24. The van der Waals surface area contributed by atoms with Crippen LogP contribution in [0.15, 0.2) is 17.5 Å². The van der Waals surface area contributed by atoms with E-state index in [0.717, 1.165) is 30.6 Å². The molecule has 4 rings (SSSR count). The molecule has 3 aliphatic rings. The Balaban J connectivity index is 1.65. The summed E-state index contributed by atoms with van der Waals surface area (Å²) in [4.78, 5) is 28.6. The molecule has 3 heterocycles. The molecule has 1 aromatic heterocycles. The Bertz CT molecular complexity index is 582. The molecule has 6 heteroatoms. The van der Waals surface area contributed by atoms with Crippen molar-refractivity contribution < 1.29 is 9.59 Å². The number of thiophene rings is 1. The van der Waals surface area contributed by atoms with E-state index < -0.39 is 0 Å². The molecule has 3 atom stereocenters. The van der Waals surface area contributed by atoms with E-state index >= 15 is 0 Å². The van der Waals surface area contributed by atoms with E-state index in [2.05, 4.69) is 5.43 Å². The SMILES string of the molecule is CN1N[C@H](c2cccs2)[C@@H]2C(=O)N(C3CCCCC3)C(=O)[C@@H]21. The van der Waals surface area contributed by atoms with Crippen LogP contribution < -0.4 is 5.43 Å². The number of imide groups is 1. The number of fused-ring (bicyclic) bond motifs is 1. The molecule has 1 N–H and O–H groups in total. The molecule has 0 radical (unpaired) electrons. The van der Waals surface area contributed by atoms with E-state index in [1.54, 1.807) is 16.2 Å². The average molecular weight is 319 g/mol. The van der Waals surface area contributed by atoms with Gasteiger partial charge >= 0.3 is 0 Å². The maximum atomic E-state index is 13.0. The van der Waals surface area contributed by atoms with Crippen LogP contribution in [0.3, 0.4) is 0 Å². The van der Waals surface area contributed by atoms with Gasteiger partial charge in [0.05, 0.1) is 12.0 Å². The minimum atomic E-state index is -0.346. The third-order valence-corrected chi connectivity index (χ3v) is 6.22. The fourth-order valence-corrected chi connectivity index (χ4v) is 5.04. The van der Waals surface area contributed by atoms with Crippen LogP contribution in [0, 0.1) is 5.92 Å². The molecule has 1 aromatic rings. The molecule has 2 saturated heterocycles. The largest absolute Gasteiger partial charge is 0.278 e. The summed E-state index contributed by atoms with van der Waals surface area (Å²) >= 11 is 1.64. The molecule has 2 amide bonds. The lowest BCUT2D eigenvalue weighted by Gasteiger charge is -2.31. The van der Waals surface area contributed by atoms with Crippen molar-refractivity contribution in [3.05, 3.63) is 22.4 Å². The lowest BCUT2D eigenvalue weighted by molar-refractivity contribution is -0.144. The Kier molecular flexibility index (Phi) is 3.55. The van der Waals surface area contributed by atoms with Crippen LogP contribution in [-0.2, 0) is 9.59 Å². The van der Waals surface area contributed by atoms with Gasteiger partial charge in [0.15, 0.2) is 0 Å². The summed E-state index contributed by atoms with van der Waals surface area (Å²) in [6.45, 7) is 0. The molecule has 1 saturated carbocycles. The van der Waals surface area contributed by atoms with Gasteiger partial charge in [-0.15, -0.1) is 11.3 Å². The van der Waals surface area contributed by atoms with Crippen molar-refractivity contribution in [2.75, 3.05) is 7.05 Å². The number of amides is 2. The lowest BCUT2D eigenvalue weighted by atomic mass is 9.93. The predicted octanol–water partition coefficient (Wildman–Crippen LogP) is 1.93. The van der Waals surface area contributed by atoms with E-state index in [0.29, 0.717) is 0 Å². The van der Waals surface area contributed by atoms with Gasteiger partial charge in [-0.05, 0) is 24.3 Å². The Morgan fingerprint density at radius 2 is 1.95 bits per heavy atom. The molecule has 0 aromatic carbocycles. The van der Waals surface area contributed by atoms with Crippen LogP contribution in [0.1, 0.15) is 43.0 Å². The zero-order valence-electron chi connectivity index (χ0n) is 12.7. The molecular weight excluding hydrogens is 298 g/mol. The number of likely N-dealkylation sites (tertiary alicyclic amines) is 1. The van der Waals surface area contributed by atoms with Gasteiger partial charge in [-0.2, -0.15) is 0 Å². The fourth-order valence-electron chi connectivity index (χ4n) is 4.22. The topological polar surface area (TPSA) is 52.7 Å². The van der Waals surface area contributed by atoms with Crippen molar-refractivity contribution in [2.24, 2.45) is 5.92 Å². The molecule has 3 fully saturated rings. The third-order valence-electron chi connectivity index (χ3n) is 5.26. The van der Waals surface area contributed by atoms with E-state index in [4.69, 9.17) is 0 Å². The van der Waals surface area contributed by atoms with Gasteiger partial charge in [-0.3, -0.25) is 14.5 Å². The van der Waals surface area contributed by atoms with Crippen molar-refractivity contribution in [1.29, 1.82) is 0 Å². The van der Waals surface area contributed by atoms with Gasteiger partial charge in [0.2, 0.25) is 11.8 Å². The molecular formula is C16H21N3O2S. The summed E-state index contributed by atoms with van der Waals surface area (Å²) in [5.74, 6) is -0.258. The van der Waals surface area contributed by atoms with Crippen LogP contribution in [0.4, 0.5) is 0 Å². The van der Waals surface area contributed by atoms with Gasteiger partial charge in [-0.25, -0.2) is 10.4 Å². The number of nitrogens with one attached hydrogen (secondary N) is 1. The molecule has 2 aliphatic heterocycles. The quantitative estimate of drug-likeness (QED) is 0.846. The maximum absolute atomic E-state index is 13.0. The first-order valence-corrected chi connectivity index (χ1v) is 8.96. The summed E-state index contributed by atoms with van der Waals surface area (Å²) in [5, 5.41) is 3.86. The first kappa shape index (κ1) is 14.4. The normalized spacial score (nSPS) is 33.7. The lowest BCUT2D eigenvalue weighted by Crippen LogP contribution is -2.47. The fraction of sp³-hybridized carbons (Fsp3) is 0.625. The Morgan fingerprint density at radius 1 is 1.18 bits per heavy atom. The van der Waals surface area contributed by atoms with Crippen molar-refractivity contribution in [2.45, 2.75) is 50.2 Å². The van der Waals surface area contributed by atoms with Gasteiger partial charge in [0.25, 0.3) is 0 Å². The van der Waals surface area contributed by atoms with Crippen LogP contribution in [-0.4, -0.2) is 40.9 Å². The van der Waals surface area contributed by atoms with Gasteiger partial charge < -0.3 is 0 Å². The molecule has 0 bridgehead atoms. The third kappa shape index (κ3) is 2.05. The second-order valence-electron chi connectivity index (χ2n) is 6.54. The highest BCUT2D eigenvalue weighted by molar-refractivity contribution is 7.10. The first-order chi connectivity index (χ1) is 10.7. The van der Waals surface area contributed by atoms with E-state index in [1.807, 2.05) is 29.6 Å². The number of hydrazine groups is 1. The van der Waals surface area contributed by atoms with Gasteiger partial charge in [0.1, 0.15) is 6.04 Å². The molecule has 5 nitrogen and oxygen atoms in total. The number of carbonyl (C=O) groups excluding carboxylic acids is 2. The van der Waals surface area contributed by atoms with Crippen molar-refractivity contribution in [3.63, 3.8) is 0 Å². The van der Waals surface area contributed by atoms with E-state index in [-0.39, 0.29) is 35.9 Å². The highest BCUT2D eigenvalue weighted by atomic mass is 32.1. The summed E-state index contributed by atoms with van der Waals surface area (Å²) in [5.41, 5.74) is 3.32. The number of rotatable bonds is 2. The van der Waals surface area contributed by atoms with Crippen LogP contribution in [0.25, 0.3) is 0 Å². The van der Waals surface area contributed by atoms with Crippen LogP contribution in [0.5, 0.6) is 0 Å². The van der Waals surface area contributed by atoms with Gasteiger partial charge in [0, 0.05) is 18.0 Å². The molecule has 22 heavy (non-hydrogen) atoms. The van der Waals surface area contributed by atoms with Crippen molar-refractivity contribution in [1.82, 2.24) is 15.3 Å². The first-order valence-electron chi connectivity index (χ1n) is 8.08. The number of hydrogen-bond acceptors (Lipinski definition) is 5. The van der Waals surface area contributed by atoms with E-state index in [1.165, 1.54) is 6.42 Å². The zero-order valence-corrected chi connectivity index (χ0v) is 13.5. The van der Waals surface area contributed by atoms with Crippen molar-refractivity contribution in [3.8, 4) is 0 Å². The van der Waals surface area contributed by atoms with Crippen LogP contribution >= 0.6 is 11.3 Å². The van der Waals surface area contributed by atoms with E-state index in [9.17, 15) is 9.59 Å². The van der Waals surface area contributed by atoms with Crippen LogP contribution in [0.2, 0.25) is 0 Å². The Morgan fingerprint density at radius 3 is 2.64 bits per heavy atom. The predicted molar refractivity (Wildman–Crippen MR) is 84.0 cm³/mol. The number of likely N-dealkylation sites (N-methyl/N-ethyl adjacent to an activating group) is 1. The second-order valence-corrected chi connectivity index (χ2v) is 7.52. The summed E-state index contributed by atoms with van der Waals surface area (Å²) < 4.78 is 0. The zero-order chi connectivity index (χ0) is 15.3. The molecule has 0 unspecified atom stereocenters. The average Bonchev–Trinajstić information content (AvgIpc) is 3.20. The second kappa shape index (κ2) is 5.44. The summed E-state index contributed by atoms with van der Waals surface area (Å²) in [6, 6.07) is 3.74. The van der Waals surface area contributed by atoms with Gasteiger partial charge in [-0.1, -0.05) is 25.3 Å². The minimum absolute atomic E-state index is 0.00374. The Labute approximate surface area is 134 Å². The molecule has 1 aliphatic carbocycles. The van der Waals surface area contributed by atoms with Crippen molar-refractivity contribution >= 4 is 23.2 Å². The summed E-state index contributed by atoms with van der Waals surface area (Å²) in [7, 11) is 1.88. The number of carbonyl (C=O) groups is 2. The highest BCUT2D eigenvalue weighted by Gasteiger charge is 2.59. The standard InChI is InChI=1S/C16H21N3O2S/c1-18-14-12(13(17-18)11-8-5-9-22-11)15(20)19(16(14)21)10-6-3-2-4-7-10/h5,8-10,12-14,17H,2-4,6-7H2,1H3/t12-,13+,14+/m0/s1. The maximum Gasteiger partial charge on any atom is 0.249 e. The monoisotopic (exact) mass is 319 g/mol. The number of nitrogens with zero attached hydrogens (tertiary/aromatic N) is 2. The summed E-state index contributed by atoms with van der Waals surface area (Å²) in [6.07, 6.45) is 5.41. The highest BCUT2D eigenvalue weighted by Crippen LogP contribution is 2.42. The molecule has 0 spiro atoms. The smallest absolute Gasteiger partial charge is 0.249 e.